The third-order valence-electron chi connectivity index (χ3n) is 6.22. The fourth-order valence-corrected chi connectivity index (χ4v) is 4.62. The third-order valence-corrected chi connectivity index (χ3v) is 6.22. The van der Waals surface area contributed by atoms with Crippen LogP contribution in [0.4, 0.5) is 0 Å². The van der Waals surface area contributed by atoms with Crippen LogP contribution < -0.4 is 0 Å². The third kappa shape index (κ3) is 4.43. The van der Waals surface area contributed by atoms with Crippen molar-refractivity contribution in [3.63, 3.8) is 0 Å². The standard InChI is InChI=1S/C25H32N2O4/c1-6-13-26(24(29)20-14-19(20)18-11-9-8-10-12-18)15-21(28)22-16(3)23(25(30)31-5)27(7-2)17(22)4/h8-12,19-20H,6-7,13-15H2,1-5H3/t19-,20-/m0/s1. The van der Waals surface area contributed by atoms with E-state index in [4.69, 9.17) is 4.74 Å². The average Bonchev–Trinajstić information content (AvgIpc) is 3.52. The van der Waals surface area contributed by atoms with Gasteiger partial charge in [-0.2, -0.15) is 0 Å². The number of Topliss-reactive ketones (excluding diaryl/α,β-unsaturated/α-hetero) is 1. The van der Waals surface area contributed by atoms with Gasteiger partial charge in [0.1, 0.15) is 5.69 Å². The number of hydrogen-bond acceptors (Lipinski definition) is 4. The van der Waals surface area contributed by atoms with Gasteiger partial charge in [0.05, 0.1) is 13.7 Å². The minimum atomic E-state index is -0.452. The first-order valence-electron chi connectivity index (χ1n) is 11.0. The highest BCUT2D eigenvalue weighted by Crippen LogP contribution is 2.48. The Labute approximate surface area is 184 Å². The zero-order chi connectivity index (χ0) is 22.7. The number of carbonyl (C=O) groups is 3. The summed E-state index contributed by atoms with van der Waals surface area (Å²) in [5.74, 6) is -0.367. The number of esters is 1. The number of benzene rings is 1. The van der Waals surface area contributed by atoms with Crippen LogP contribution in [0.3, 0.4) is 0 Å². The highest BCUT2D eigenvalue weighted by Gasteiger charge is 2.46. The summed E-state index contributed by atoms with van der Waals surface area (Å²) < 4.78 is 6.74. The van der Waals surface area contributed by atoms with Crippen LogP contribution in [0, 0.1) is 19.8 Å². The quantitative estimate of drug-likeness (QED) is 0.448. The van der Waals surface area contributed by atoms with Gasteiger partial charge in [-0.1, -0.05) is 37.3 Å². The molecule has 2 aromatic rings. The molecule has 0 unspecified atom stereocenters. The molecule has 3 rings (SSSR count). The summed E-state index contributed by atoms with van der Waals surface area (Å²) in [6, 6.07) is 10.1. The van der Waals surface area contributed by atoms with Gasteiger partial charge in [-0.05, 0) is 50.7 Å². The number of aromatic nitrogens is 1. The van der Waals surface area contributed by atoms with E-state index in [-0.39, 0.29) is 30.1 Å². The Kier molecular flexibility index (Phi) is 6.98. The number of amides is 1. The molecule has 0 saturated heterocycles. The first-order valence-corrected chi connectivity index (χ1v) is 11.0. The molecule has 1 aliphatic rings. The minimum Gasteiger partial charge on any atom is -0.464 e. The molecule has 1 saturated carbocycles. The highest BCUT2D eigenvalue weighted by molar-refractivity contribution is 6.05. The maximum atomic E-state index is 13.3. The molecule has 1 amide bonds. The van der Waals surface area contributed by atoms with Crippen LogP contribution in [0.2, 0.25) is 0 Å². The summed E-state index contributed by atoms with van der Waals surface area (Å²) in [7, 11) is 1.34. The Morgan fingerprint density at radius 3 is 2.39 bits per heavy atom. The van der Waals surface area contributed by atoms with Crippen LogP contribution in [-0.2, 0) is 16.1 Å². The Morgan fingerprint density at radius 1 is 1.13 bits per heavy atom. The van der Waals surface area contributed by atoms with E-state index in [0.29, 0.717) is 29.9 Å². The lowest BCUT2D eigenvalue weighted by atomic mass is 10.0. The van der Waals surface area contributed by atoms with Crippen molar-refractivity contribution in [2.45, 2.75) is 53.0 Å². The van der Waals surface area contributed by atoms with Crippen LogP contribution in [0.1, 0.15) is 70.3 Å². The molecular formula is C25H32N2O4. The molecule has 2 atom stereocenters. The molecule has 166 valence electrons. The van der Waals surface area contributed by atoms with Crippen molar-refractivity contribution >= 4 is 17.7 Å². The van der Waals surface area contributed by atoms with Gasteiger partial charge in [-0.3, -0.25) is 9.59 Å². The number of methoxy groups -OCH3 is 1. The fourth-order valence-electron chi connectivity index (χ4n) is 4.62. The summed E-state index contributed by atoms with van der Waals surface area (Å²) in [6.45, 7) is 8.68. The van der Waals surface area contributed by atoms with Crippen LogP contribution in [0.25, 0.3) is 0 Å². The molecule has 1 aliphatic carbocycles. The first-order chi connectivity index (χ1) is 14.8. The van der Waals surface area contributed by atoms with E-state index in [1.807, 2.05) is 43.5 Å². The van der Waals surface area contributed by atoms with Crippen LogP contribution in [0.5, 0.6) is 0 Å². The van der Waals surface area contributed by atoms with Gasteiger partial charge < -0.3 is 14.2 Å². The fraction of sp³-hybridized carbons (Fsp3) is 0.480. The Balaban J connectivity index is 1.81. The molecule has 6 heteroatoms. The van der Waals surface area contributed by atoms with Crippen molar-refractivity contribution < 1.29 is 19.1 Å². The monoisotopic (exact) mass is 424 g/mol. The maximum Gasteiger partial charge on any atom is 0.354 e. The summed E-state index contributed by atoms with van der Waals surface area (Å²) in [5, 5.41) is 0. The van der Waals surface area contributed by atoms with E-state index >= 15 is 0 Å². The molecule has 31 heavy (non-hydrogen) atoms. The van der Waals surface area contributed by atoms with E-state index in [1.165, 1.54) is 12.7 Å². The lowest BCUT2D eigenvalue weighted by Gasteiger charge is -2.22. The van der Waals surface area contributed by atoms with Crippen molar-refractivity contribution in [1.29, 1.82) is 0 Å². The lowest BCUT2D eigenvalue weighted by molar-refractivity contribution is -0.132. The van der Waals surface area contributed by atoms with E-state index in [1.54, 1.807) is 11.8 Å². The van der Waals surface area contributed by atoms with Gasteiger partial charge in [0, 0.05) is 30.3 Å². The topological polar surface area (TPSA) is 68.6 Å². The number of rotatable bonds is 9. The van der Waals surface area contributed by atoms with Crippen LogP contribution >= 0.6 is 0 Å². The second-order valence-corrected chi connectivity index (χ2v) is 8.21. The average molecular weight is 425 g/mol. The first kappa shape index (κ1) is 22.8. The predicted octanol–water partition coefficient (Wildman–Crippen LogP) is 4.14. The predicted molar refractivity (Wildman–Crippen MR) is 119 cm³/mol. The van der Waals surface area contributed by atoms with Gasteiger partial charge in [-0.15, -0.1) is 0 Å². The highest BCUT2D eigenvalue weighted by atomic mass is 16.5. The molecule has 1 heterocycles. The molecule has 0 spiro atoms. The molecule has 0 radical (unpaired) electrons. The number of nitrogens with zero attached hydrogens (tertiary/aromatic N) is 2. The summed E-state index contributed by atoms with van der Waals surface area (Å²) in [5.41, 5.74) is 3.46. The van der Waals surface area contributed by atoms with Crippen molar-refractivity contribution in [1.82, 2.24) is 9.47 Å². The maximum absolute atomic E-state index is 13.3. The molecule has 1 fully saturated rings. The molecule has 1 aromatic carbocycles. The molecular weight excluding hydrogens is 392 g/mol. The molecule has 6 nitrogen and oxygen atoms in total. The largest absolute Gasteiger partial charge is 0.464 e. The molecule has 1 aromatic heterocycles. The van der Waals surface area contributed by atoms with E-state index < -0.39 is 5.97 Å². The van der Waals surface area contributed by atoms with Crippen LogP contribution in [0.15, 0.2) is 30.3 Å². The van der Waals surface area contributed by atoms with Gasteiger partial charge in [0.2, 0.25) is 5.91 Å². The minimum absolute atomic E-state index is 0.0285. The number of carbonyl (C=O) groups excluding carboxylic acids is 3. The molecule has 0 N–H and O–H groups in total. The van der Waals surface area contributed by atoms with Crippen molar-refractivity contribution in [2.24, 2.45) is 5.92 Å². The van der Waals surface area contributed by atoms with Crippen molar-refractivity contribution in [3.05, 3.63) is 58.4 Å². The zero-order valence-electron chi connectivity index (χ0n) is 19.1. The van der Waals surface area contributed by atoms with E-state index in [0.717, 1.165) is 18.5 Å². The zero-order valence-corrected chi connectivity index (χ0v) is 19.1. The summed E-state index contributed by atoms with van der Waals surface area (Å²) >= 11 is 0. The normalized spacial score (nSPS) is 17.3. The Bertz CT molecular complexity index is 977. The van der Waals surface area contributed by atoms with Crippen LogP contribution in [-0.4, -0.2) is 47.3 Å². The number of ether oxygens (including phenoxy) is 1. The number of ketones is 1. The van der Waals surface area contributed by atoms with Crippen molar-refractivity contribution in [2.75, 3.05) is 20.2 Å². The van der Waals surface area contributed by atoms with Gasteiger partial charge >= 0.3 is 5.97 Å². The molecule has 0 aliphatic heterocycles. The van der Waals surface area contributed by atoms with Gasteiger partial charge in [0.25, 0.3) is 0 Å². The second-order valence-electron chi connectivity index (χ2n) is 8.21. The SMILES string of the molecule is CCCN(CC(=O)c1c(C)c(C(=O)OC)n(CC)c1C)C(=O)[C@H]1C[C@H]1c1ccccc1. The Morgan fingerprint density at radius 2 is 1.81 bits per heavy atom. The van der Waals surface area contributed by atoms with E-state index in [2.05, 4.69) is 12.1 Å². The molecule has 0 bridgehead atoms. The number of hydrogen-bond donors (Lipinski definition) is 0. The Hall–Kier alpha value is -2.89. The van der Waals surface area contributed by atoms with Crippen molar-refractivity contribution in [3.8, 4) is 0 Å². The smallest absolute Gasteiger partial charge is 0.354 e. The van der Waals surface area contributed by atoms with E-state index in [9.17, 15) is 14.4 Å². The van der Waals surface area contributed by atoms with Gasteiger partial charge in [-0.25, -0.2) is 4.79 Å². The second kappa shape index (κ2) is 9.50. The summed E-state index contributed by atoms with van der Waals surface area (Å²) in [4.78, 5) is 40.5. The van der Waals surface area contributed by atoms with Gasteiger partial charge in [0.15, 0.2) is 5.78 Å². The lowest BCUT2D eigenvalue weighted by Crippen LogP contribution is -2.38. The summed E-state index contributed by atoms with van der Waals surface area (Å²) in [6.07, 6.45) is 1.61.